The third-order valence-corrected chi connectivity index (χ3v) is 3.75. The zero-order chi connectivity index (χ0) is 15.6. The maximum atomic E-state index is 11.1. The first kappa shape index (κ1) is 16.7. The average molecular weight is 323 g/mol. The van der Waals surface area contributed by atoms with Gasteiger partial charge in [-0.3, -0.25) is 10.1 Å². The Balaban J connectivity index is 2.87. The number of sulfonamides is 1. The molecule has 0 amide bonds. The summed E-state index contributed by atoms with van der Waals surface area (Å²) in [4.78, 5) is 10.3. The Morgan fingerprint density at radius 1 is 1.45 bits per heavy atom. The van der Waals surface area contributed by atoms with Crippen molar-refractivity contribution in [1.29, 1.82) is 0 Å². The molecular weight excluding hydrogens is 308 g/mol. The first-order valence-corrected chi connectivity index (χ1v) is 7.67. The van der Waals surface area contributed by atoms with E-state index in [1.54, 1.807) is 13.8 Å². The molecule has 0 unspecified atom stereocenters. The number of ether oxygens (including phenoxy) is 1. The summed E-state index contributed by atoms with van der Waals surface area (Å²) in [6.45, 7) is 3.24. The van der Waals surface area contributed by atoms with Crippen molar-refractivity contribution in [3.8, 4) is 5.75 Å². The summed E-state index contributed by atoms with van der Waals surface area (Å²) < 4.78 is 27.5. The molecule has 0 heterocycles. The fraction of sp³-hybridized carbons (Fsp3) is 0.455. The van der Waals surface area contributed by atoms with E-state index >= 15 is 0 Å². The molecule has 0 aromatic heterocycles. The van der Waals surface area contributed by atoms with Crippen molar-refractivity contribution in [2.45, 2.75) is 13.8 Å². The molecule has 9 heteroatoms. The third kappa shape index (κ3) is 5.32. The number of nitrogens with zero attached hydrogens (tertiary/aromatic N) is 1. The summed E-state index contributed by atoms with van der Waals surface area (Å²) in [5.41, 5.74) is -1.05. The molecule has 0 bridgehead atoms. The molecule has 0 atom stereocenters. The van der Waals surface area contributed by atoms with Crippen LogP contribution in [0.25, 0.3) is 0 Å². The van der Waals surface area contributed by atoms with Gasteiger partial charge < -0.3 is 4.74 Å². The van der Waals surface area contributed by atoms with Crippen LogP contribution in [0.1, 0.15) is 13.8 Å². The smallest absolute Gasteiger partial charge is 0.312 e. The number of hydrogen-bond donors (Lipinski definition) is 1. The summed E-state index contributed by atoms with van der Waals surface area (Å²) in [7, 11) is -3.65. The van der Waals surface area contributed by atoms with Crippen molar-refractivity contribution in [3.63, 3.8) is 0 Å². The van der Waals surface area contributed by atoms with E-state index in [0.29, 0.717) is 0 Å². The van der Waals surface area contributed by atoms with Crippen LogP contribution in [0.4, 0.5) is 5.69 Å². The number of rotatable bonds is 6. The number of benzene rings is 1. The number of hydrogen-bond acceptors (Lipinski definition) is 5. The Morgan fingerprint density at radius 2 is 2.05 bits per heavy atom. The number of nitro groups is 1. The minimum absolute atomic E-state index is 0.0295. The molecule has 0 saturated carbocycles. The lowest BCUT2D eigenvalue weighted by Gasteiger charge is -2.23. The van der Waals surface area contributed by atoms with E-state index < -0.39 is 20.4 Å². The maximum Gasteiger partial charge on any atom is 0.312 e. The fourth-order valence-corrected chi connectivity index (χ4v) is 2.95. The van der Waals surface area contributed by atoms with Crippen LogP contribution in [0.5, 0.6) is 5.75 Å². The second-order valence-electron chi connectivity index (χ2n) is 5.13. The van der Waals surface area contributed by atoms with Crippen LogP contribution in [0.3, 0.4) is 0 Å². The number of primary sulfonamides is 1. The summed E-state index contributed by atoms with van der Waals surface area (Å²) in [6.07, 6.45) is 0. The van der Waals surface area contributed by atoms with Crippen molar-refractivity contribution in [2.24, 2.45) is 10.6 Å². The van der Waals surface area contributed by atoms with Gasteiger partial charge in [0.15, 0.2) is 5.75 Å². The normalized spacial score (nSPS) is 12.2. The van der Waals surface area contributed by atoms with E-state index in [9.17, 15) is 18.5 Å². The molecule has 0 aliphatic carbocycles. The second-order valence-corrected chi connectivity index (χ2v) is 7.18. The van der Waals surface area contributed by atoms with Crippen molar-refractivity contribution >= 4 is 27.3 Å². The molecule has 20 heavy (non-hydrogen) atoms. The molecular formula is C11H15ClN2O5S. The highest BCUT2D eigenvalue weighted by molar-refractivity contribution is 7.89. The van der Waals surface area contributed by atoms with Gasteiger partial charge in [-0.05, 0) is 12.1 Å². The van der Waals surface area contributed by atoms with Gasteiger partial charge in [0.25, 0.3) is 0 Å². The monoisotopic (exact) mass is 322 g/mol. The van der Waals surface area contributed by atoms with Crippen LogP contribution in [0.15, 0.2) is 18.2 Å². The Kier molecular flexibility index (Phi) is 4.95. The third-order valence-electron chi connectivity index (χ3n) is 2.33. The summed E-state index contributed by atoms with van der Waals surface area (Å²) in [5.74, 6) is -0.261. The predicted molar refractivity (Wildman–Crippen MR) is 75.4 cm³/mol. The van der Waals surface area contributed by atoms with Gasteiger partial charge in [-0.25, -0.2) is 13.6 Å². The SMILES string of the molecule is CC(C)(COc1ccc(Cl)cc1[N+](=O)[O-])CS(N)(=O)=O. The molecule has 0 spiro atoms. The summed E-state index contributed by atoms with van der Waals surface area (Å²) in [5, 5.41) is 16.1. The van der Waals surface area contributed by atoms with Gasteiger partial charge in [-0.15, -0.1) is 0 Å². The van der Waals surface area contributed by atoms with Gasteiger partial charge >= 0.3 is 5.69 Å². The van der Waals surface area contributed by atoms with Crippen LogP contribution in [0, 0.1) is 15.5 Å². The fourth-order valence-electron chi connectivity index (χ4n) is 1.61. The zero-order valence-corrected chi connectivity index (χ0v) is 12.6. The lowest BCUT2D eigenvalue weighted by Crippen LogP contribution is -2.33. The molecule has 0 aliphatic rings. The highest BCUT2D eigenvalue weighted by Gasteiger charge is 2.26. The topological polar surface area (TPSA) is 113 Å². The minimum atomic E-state index is -3.65. The molecule has 0 radical (unpaired) electrons. The predicted octanol–water partition coefficient (Wildman–Crippen LogP) is 1.94. The van der Waals surface area contributed by atoms with E-state index in [1.807, 2.05) is 0 Å². The highest BCUT2D eigenvalue weighted by Crippen LogP contribution is 2.31. The largest absolute Gasteiger partial charge is 0.486 e. The lowest BCUT2D eigenvalue weighted by atomic mass is 9.98. The van der Waals surface area contributed by atoms with Crippen molar-refractivity contribution < 1.29 is 18.1 Å². The number of nitrogens with two attached hydrogens (primary N) is 1. The van der Waals surface area contributed by atoms with E-state index in [-0.39, 0.29) is 28.8 Å². The van der Waals surface area contributed by atoms with Gasteiger partial charge in [0.2, 0.25) is 10.0 Å². The standard InChI is InChI=1S/C11H15ClN2O5S/c1-11(2,7-20(13,17)18)6-19-10-4-3-8(12)5-9(10)14(15)16/h3-5H,6-7H2,1-2H3,(H2,13,17,18). The quantitative estimate of drug-likeness (QED) is 0.635. The van der Waals surface area contributed by atoms with Gasteiger partial charge in [0, 0.05) is 16.5 Å². The Bertz CT molecular complexity index is 615. The van der Waals surface area contributed by atoms with E-state index in [1.165, 1.54) is 18.2 Å². The second kappa shape index (κ2) is 5.94. The molecule has 0 saturated heterocycles. The van der Waals surface area contributed by atoms with Crippen LogP contribution in [-0.2, 0) is 10.0 Å². The van der Waals surface area contributed by atoms with Crippen molar-refractivity contribution in [3.05, 3.63) is 33.3 Å². The van der Waals surface area contributed by atoms with E-state index in [2.05, 4.69) is 0 Å². The molecule has 2 N–H and O–H groups in total. The van der Waals surface area contributed by atoms with Gasteiger partial charge in [-0.2, -0.15) is 0 Å². The number of halogens is 1. The molecule has 7 nitrogen and oxygen atoms in total. The van der Waals surface area contributed by atoms with Crippen molar-refractivity contribution in [1.82, 2.24) is 0 Å². The molecule has 1 aromatic carbocycles. The zero-order valence-electron chi connectivity index (χ0n) is 11.0. The Labute approximate surface area is 121 Å². The first-order chi connectivity index (χ1) is 9.00. The molecule has 112 valence electrons. The van der Waals surface area contributed by atoms with Crippen LogP contribution in [0.2, 0.25) is 5.02 Å². The van der Waals surface area contributed by atoms with Crippen molar-refractivity contribution in [2.75, 3.05) is 12.4 Å². The molecule has 1 aromatic rings. The van der Waals surface area contributed by atoms with E-state index in [0.717, 1.165) is 0 Å². The summed E-state index contributed by atoms with van der Waals surface area (Å²) in [6, 6.07) is 3.99. The van der Waals surface area contributed by atoms with Gasteiger partial charge in [-0.1, -0.05) is 25.4 Å². The van der Waals surface area contributed by atoms with Crippen LogP contribution < -0.4 is 9.88 Å². The van der Waals surface area contributed by atoms with E-state index in [4.69, 9.17) is 21.5 Å². The average Bonchev–Trinajstić information content (AvgIpc) is 2.23. The van der Waals surface area contributed by atoms with Gasteiger partial charge in [0.1, 0.15) is 0 Å². The minimum Gasteiger partial charge on any atom is -0.486 e. The van der Waals surface area contributed by atoms with Crippen LogP contribution in [-0.4, -0.2) is 25.7 Å². The first-order valence-electron chi connectivity index (χ1n) is 5.57. The van der Waals surface area contributed by atoms with Crippen LogP contribution >= 0.6 is 11.6 Å². The Morgan fingerprint density at radius 3 is 2.55 bits per heavy atom. The highest BCUT2D eigenvalue weighted by atomic mass is 35.5. The molecule has 0 fully saturated rings. The maximum absolute atomic E-state index is 11.1. The lowest BCUT2D eigenvalue weighted by molar-refractivity contribution is -0.385. The molecule has 1 rings (SSSR count). The summed E-state index contributed by atoms with van der Waals surface area (Å²) >= 11 is 5.68. The molecule has 0 aliphatic heterocycles. The Hall–Kier alpha value is -1.38. The number of nitro benzene ring substituents is 1. The van der Waals surface area contributed by atoms with Gasteiger partial charge in [0.05, 0.1) is 17.3 Å².